The van der Waals surface area contributed by atoms with Gasteiger partial charge in [0.2, 0.25) is 0 Å². The van der Waals surface area contributed by atoms with E-state index in [-0.39, 0.29) is 11.7 Å². The van der Waals surface area contributed by atoms with Crippen LogP contribution in [0, 0.1) is 0 Å². The smallest absolute Gasteiger partial charge is 0.127 e. The molecule has 0 saturated heterocycles. The average Bonchev–Trinajstić information content (AvgIpc) is 2.63. The van der Waals surface area contributed by atoms with Crippen molar-refractivity contribution >= 4 is 0 Å². The third-order valence-corrected chi connectivity index (χ3v) is 3.32. The molecule has 0 radical (unpaired) electrons. The summed E-state index contributed by atoms with van der Waals surface area (Å²) in [6.07, 6.45) is 1.23. The lowest BCUT2D eigenvalue weighted by Crippen LogP contribution is -2.26. The number of rotatable bonds is 5. The molecule has 1 aromatic rings. The van der Waals surface area contributed by atoms with Gasteiger partial charge in [0.05, 0.1) is 6.10 Å². The molecule has 1 aliphatic rings. The topological polar surface area (TPSA) is 30.5 Å². The normalized spacial score (nSPS) is 18.2. The third-order valence-electron chi connectivity index (χ3n) is 3.32. The summed E-state index contributed by atoms with van der Waals surface area (Å²) in [5, 5.41) is 3.40. The number of para-hydroxylation sites is 1. The fraction of sp³-hybridized carbons (Fsp3) is 0.600. The molecule has 1 N–H and O–H groups in total. The summed E-state index contributed by atoms with van der Waals surface area (Å²) in [5.41, 5.74) is 2.48. The summed E-state index contributed by atoms with van der Waals surface area (Å²) in [7, 11) is 1.73. The van der Waals surface area contributed by atoms with Crippen molar-refractivity contribution in [3.8, 4) is 5.75 Å². The van der Waals surface area contributed by atoms with E-state index in [9.17, 15) is 0 Å². The van der Waals surface area contributed by atoms with Crippen LogP contribution in [0.2, 0.25) is 0 Å². The highest BCUT2D eigenvalue weighted by molar-refractivity contribution is 5.45. The second-order valence-electron chi connectivity index (χ2n) is 5.62. The van der Waals surface area contributed by atoms with Gasteiger partial charge in [0, 0.05) is 32.2 Å². The van der Waals surface area contributed by atoms with Crippen LogP contribution in [0.1, 0.15) is 31.9 Å². The zero-order valence-electron chi connectivity index (χ0n) is 11.7. The molecule has 0 amide bonds. The molecule has 0 saturated carbocycles. The van der Waals surface area contributed by atoms with Crippen LogP contribution >= 0.6 is 0 Å². The van der Waals surface area contributed by atoms with E-state index in [1.807, 2.05) is 0 Å². The number of hydrogen-bond donors (Lipinski definition) is 1. The van der Waals surface area contributed by atoms with Crippen molar-refractivity contribution in [2.24, 2.45) is 0 Å². The van der Waals surface area contributed by atoms with Crippen LogP contribution in [0.4, 0.5) is 0 Å². The lowest BCUT2D eigenvalue weighted by molar-refractivity contribution is 0.116. The number of methoxy groups -OCH3 is 1. The van der Waals surface area contributed by atoms with Gasteiger partial charge in [-0.15, -0.1) is 0 Å². The SMILES string of the molecule is COC(C)CNCc1cccc2c1OC(C)(C)C2. The van der Waals surface area contributed by atoms with Crippen LogP contribution in [-0.2, 0) is 17.7 Å². The monoisotopic (exact) mass is 249 g/mol. The van der Waals surface area contributed by atoms with Gasteiger partial charge in [-0.2, -0.15) is 0 Å². The Hall–Kier alpha value is -1.06. The molecule has 1 unspecified atom stereocenters. The number of ether oxygens (including phenoxy) is 2. The zero-order chi connectivity index (χ0) is 13.2. The lowest BCUT2D eigenvalue weighted by atomic mass is 10.0. The number of benzene rings is 1. The first-order chi connectivity index (χ1) is 8.52. The van der Waals surface area contributed by atoms with Gasteiger partial charge in [0.25, 0.3) is 0 Å². The van der Waals surface area contributed by atoms with Crippen LogP contribution in [0.15, 0.2) is 18.2 Å². The molecule has 18 heavy (non-hydrogen) atoms. The Labute approximate surface area is 109 Å². The van der Waals surface area contributed by atoms with Crippen LogP contribution < -0.4 is 10.1 Å². The largest absolute Gasteiger partial charge is 0.487 e. The molecule has 0 bridgehead atoms. The van der Waals surface area contributed by atoms with Crippen LogP contribution in [0.25, 0.3) is 0 Å². The Morgan fingerprint density at radius 1 is 1.44 bits per heavy atom. The highest BCUT2D eigenvalue weighted by Crippen LogP contribution is 2.37. The fourth-order valence-corrected chi connectivity index (χ4v) is 2.31. The Kier molecular flexibility index (Phi) is 3.93. The van der Waals surface area contributed by atoms with Gasteiger partial charge in [0.1, 0.15) is 11.4 Å². The first-order valence-corrected chi connectivity index (χ1v) is 6.55. The molecule has 3 heteroatoms. The molecule has 0 aromatic heterocycles. The number of fused-ring (bicyclic) bond motifs is 1. The van der Waals surface area contributed by atoms with Crippen molar-refractivity contribution in [1.82, 2.24) is 5.32 Å². The van der Waals surface area contributed by atoms with Crippen LogP contribution in [0.3, 0.4) is 0 Å². The summed E-state index contributed by atoms with van der Waals surface area (Å²) in [6, 6.07) is 6.40. The van der Waals surface area contributed by atoms with Crippen LogP contribution in [-0.4, -0.2) is 25.4 Å². The number of nitrogens with one attached hydrogen (secondary N) is 1. The van der Waals surface area contributed by atoms with Gasteiger partial charge in [-0.1, -0.05) is 18.2 Å². The predicted molar refractivity (Wildman–Crippen MR) is 73.0 cm³/mol. The zero-order valence-corrected chi connectivity index (χ0v) is 11.7. The summed E-state index contributed by atoms with van der Waals surface area (Å²) < 4.78 is 11.3. The molecule has 100 valence electrons. The molecule has 0 aliphatic carbocycles. The molecule has 1 heterocycles. The first-order valence-electron chi connectivity index (χ1n) is 6.55. The van der Waals surface area contributed by atoms with E-state index in [2.05, 4.69) is 44.3 Å². The molecule has 2 rings (SSSR count). The average molecular weight is 249 g/mol. The maximum atomic E-state index is 6.04. The summed E-state index contributed by atoms with van der Waals surface area (Å²) >= 11 is 0. The van der Waals surface area contributed by atoms with Crippen molar-refractivity contribution < 1.29 is 9.47 Å². The molecule has 1 atom stereocenters. The van der Waals surface area contributed by atoms with E-state index in [1.165, 1.54) is 11.1 Å². The van der Waals surface area contributed by atoms with E-state index >= 15 is 0 Å². The quantitative estimate of drug-likeness (QED) is 0.870. The maximum Gasteiger partial charge on any atom is 0.127 e. The van der Waals surface area contributed by atoms with Crippen molar-refractivity contribution in [3.63, 3.8) is 0 Å². The summed E-state index contributed by atoms with van der Waals surface area (Å²) in [5.74, 6) is 1.07. The molecule has 0 spiro atoms. The molecular formula is C15H23NO2. The molecule has 1 aliphatic heterocycles. The lowest BCUT2D eigenvalue weighted by Gasteiger charge is -2.18. The summed E-state index contributed by atoms with van der Waals surface area (Å²) in [6.45, 7) is 8.01. The Bertz CT molecular complexity index is 415. The summed E-state index contributed by atoms with van der Waals surface area (Å²) in [4.78, 5) is 0. The fourth-order valence-electron chi connectivity index (χ4n) is 2.31. The maximum absolute atomic E-state index is 6.04. The highest BCUT2D eigenvalue weighted by Gasteiger charge is 2.31. The Balaban J connectivity index is 2.01. The van der Waals surface area contributed by atoms with Crippen molar-refractivity contribution in [3.05, 3.63) is 29.3 Å². The van der Waals surface area contributed by atoms with Gasteiger partial charge in [0.15, 0.2) is 0 Å². The van der Waals surface area contributed by atoms with Gasteiger partial charge in [-0.25, -0.2) is 0 Å². The minimum absolute atomic E-state index is 0.0712. The minimum atomic E-state index is -0.0712. The Morgan fingerprint density at radius 2 is 2.22 bits per heavy atom. The van der Waals surface area contributed by atoms with Crippen molar-refractivity contribution in [2.75, 3.05) is 13.7 Å². The van der Waals surface area contributed by atoms with Crippen LogP contribution in [0.5, 0.6) is 5.75 Å². The molecular weight excluding hydrogens is 226 g/mol. The second kappa shape index (κ2) is 5.29. The molecule has 1 aromatic carbocycles. The number of hydrogen-bond acceptors (Lipinski definition) is 3. The minimum Gasteiger partial charge on any atom is -0.487 e. The van der Waals surface area contributed by atoms with E-state index in [4.69, 9.17) is 9.47 Å². The van der Waals surface area contributed by atoms with E-state index < -0.39 is 0 Å². The van der Waals surface area contributed by atoms with Gasteiger partial charge in [-0.3, -0.25) is 0 Å². The molecule has 3 nitrogen and oxygen atoms in total. The Morgan fingerprint density at radius 3 is 2.94 bits per heavy atom. The van der Waals surface area contributed by atoms with Gasteiger partial charge < -0.3 is 14.8 Å². The van der Waals surface area contributed by atoms with Gasteiger partial charge in [-0.05, 0) is 26.3 Å². The van der Waals surface area contributed by atoms with Crippen molar-refractivity contribution in [2.45, 2.75) is 45.4 Å². The standard InChI is InChI=1S/C15H23NO2/c1-11(17-4)9-16-10-13-7-5-6-12-8-15(2,3)18-14(12)13/h5-7,11,16H,8-10H2,1-4H3. The van der Waals surface area contributed by atoms with Crippen molar-refractivity contribution in [1.29, 1.82) is 0 Å². The van der Waals surface area contributed by atoms with E-state index in [0.29, 0.717) is 0 Å². The molecule has 0 fully saturated rings. The predicted octanol–water partition coefficient (Wildman–Crippen LogP) is 2.52. The highest BCUT2D eigenvalue weighted by atomic mass is 16.5. The first kappa shape index (κ1) is 13.4. The van der Waals surface area contributed by atoms with Gasteiger partial charge >= 0.3 is 0 Å². The third kappa shape index (κ3) is 3.03. The second-order valence-corrected chi connectivity index (χ2v) is 5.62. The van der Waals surface area contributed by atoms with E-state index in [1.54, 1.807) is 7.11 Å². The van der Waals surface area contributed by atoms with E-state index in [0.717, 1.165) is 25.3 Å².